The second-order valence-electron chi connectivity index (χ2n) is 6.61. The molecule has 0 amide bonds. The van der Waals surface area contributed by atoms with Crippen LogP contribution in [0.4, 0.5) is 0 Å². The van der Waals surface area contributed by atoms with E-state index in [9.17, 15) is 4.79 Å². The van der Waals surface area contributed by atoms with E-state index in [0.29, 0.717) is 11.3 Å². The molecule has 1 aliphatic heterocycles. The molecule has 3 aromatic carbocycles. The molecule has 4 aromatic rings. The number of ketones is 1. The summed E-state index contributed by atoms with van der Waals surface area (Å²) in [5, 5.41) is 0. The van der Waals surface area contributed by atoms with Gasteiger partial charge in [-0.3, -0.25) is 4.79 Å². The zero-order valence-corrected chi connectivity index (χ0v) is 16.6. The number of aromatic amines is 1. The summed E-state index contributed by atoms with van der Waals surface area (Å²) < 4.78 is -0.333. The topological polar surface area (TPSA) is 32.9 Å². The summed E-state index contributed by atoms with van der Waals surface area (Å²) in [6.45, 7) is 0. The van der Waals surface area contributed by atoms with Crippen molar-refractivity contribution in [2.45, 2.75) is 13.9 Å². The van der Waals surface area contributed by atoms with Gasteiger partial charge in [-0.2, -0.15) is 0 Å². The van der Waals surface area contributed by atoms with Gasteiger partial charge in [0.05, 0.1) is 5.69 Å². The van der Waals surface area contributed by atoms with E-state index in [1.165, 1.54) is 15.4 Å². The number of hydrogen-bond donors (Lipinski definition) is 1. The Morgan fingerprint density at radius 3 is 1.89 bits per heavy atom. The summed E-state index contributed by atoms with van der Waals surface area (Å²) in [6.07, 6.45) is 0. The number of fused-ring (bicyclic) bond motifs is 1. The summed E-state index contributed by atoms with van der Waals surface area (Å²) in [5.41, 5.74) is 3.55. The van der Waals surface area contributed by atoms with E-state index in [-0.39, 0.29) is 9.86 Å². The normalized spacial score (nSPS) is 14.6. The van der Waals surface area contributed by atoms with Crippen LogP contribution in [0.3, 0.4) is 0 Å². The Bertz CT molecular complexity index is 1110. The molecule has 0 unspecified atom stereocenters. The van der Waals surface area contributed by atoms with Crippen molar-refractivity contribution in [2.24, 2.45) is 0 Å². The van der Waals surface area contributed by atoms with Gasteiger partial charge in [-0.1, -0.05) is 96.3 Å². The minimum atomic E-state index is -0.333. The number of rotatable bonds is 4. The molecular weight excluding hydrogens is 382 g/mol. The lowest BCUT2D eigenvalue weighted by Crippen LogP contribution is -2.17. The number of hydrogen-bond acceptors (Lipinski definition) is 3. The highest BCUT2D eigenvalue weighted by atomic mass is 32.2. The van der Waals surface area contributed by atoms with Crippen LogP contribution in [0, 0.1) is 0 Å². The molecule has 2 heterocycles. The fraction of sp³-hybridized carbons (Fsp3) is 0.0417. The monoisotopic (exact) mass is 399 g/mol. The van der Waals surface area contributed by atoms with Crippen molar-refractivity contribution < 1.29 is 4.79 Å². The van der Waals surface area contributed by atoms with E-state index in [1.54, 1.807) is 0 Å². The number of carbonyl (C=O) groups is 1. The van der Waals surface area contributed by atoms with Gasteiger partial charge in [0.2, 0.25) is 5.78 Å². The van der Waals surface area contributed by atoms with Crippen molar-refractivity contribution >= 4 is 29.3 Å². The van der Waals surface area contributed by atoms with Crippen molar-refractivity contribution in [1.29, 1.82) is 0 Å². The Balaban J connectivity index is 1.59. The molecule has 1 N–H and O–H groups in total. The van der Waals surface area contributed by atoms with Crippen LogP contribution in [0.5, 0.6) is 0 Å². The summed E-state index contributed by atoms with van der Waals surface area (Å²) in [7, 11) is 0. The number of thioether (sulfide) groups is 2. The molecule has 28 heavy (non-hydrogen) atoms. The van der Waals surface area contributed by atoms with Crippen molar-refractivity contribution in [3.05, 3.63) is 120 Å². The van der Waals surface area contributed by atoms with Crippen LogP contribution < -0.4 is 0 Å². The Hall–Kier alpha value is -2.69. The average molecular weight is 400 g/mol. The molecule has 1 aliphatic rings. The van der Waals surface area contributed by atoms with E-state index in [2.05, 4.69) is 59.6 Å². The van der Waals surface area contributed by atoms with Crippen molar-refractivity contribution in [3.8, 4) is 0 Å². The lowest BCUT2D eigenvalue weighted by atomic mass is 10.1. The molecule has 0 fully saturated rings. The number of nitrogens with one attached hydrogen (secondary N) is 1. The Labute approximate surface area is 172 Å². The maximum atomic E-state index is 12.9. The first kappa shape index (κ1) is 17.4. The average Bonchev–Trinajstić information content (AvgIpc) is 3.40. The van der Waals surface area contributed by atoms with Crippen LogP contribution in [-0.4, -0.2) is 10.8 Å². The minimum absolute atomic E-state index is 0.0144. The molecule has 0 radical (unpaired) electrons. The van der Waals surface area contributed by atoms with Gasteiger partial charge >= 0.3 is 0 Å². The highest BCUT2D eigenvalue weighted by Gasteiger charge is 2.43. The fourth-order valence-corrected chi connectivity index (χ4v) is 6.63. The smallest absolute Gasteiger partial charge is 0.209 e. The number of benzene rings is 3. The SMILES string of the molecule is O=C(c1ccccc1)c1ccc(C2(c3ccccc3)Sc3ccccc3S2)[nH]1. The molecule has 2 nitrogen and oxygen atoms in total. The molecule has 4 heteroatoms. The summed E-state index contributed by atoms with van der Waals surface area (Å²) in [5.74, 6) is 0.0144. The first-order valence-electron chi connectivity index (χ1n) is 9.08. The minimum Gasteiger partial charge on any atom is -0.354 e. The lowest BCUT2D eigenvalue weighted by Gasteiger charge is -2.27. The van der Waals surface area contributed by atoms with Gasteiger partial charge in [-0.05, 0) is 29.8 Å². The molecule has 0 aliphatic carbocycles. The third kappa shape index (κ3) is 2.89. The summed E-state index contributed by atoms with van der Waals surface area (Å²) in [6, 6.07) is 32.3. The van der Waals surface area contributed by atoms with Gasteiger partial charge in [0.15, 0.2) is 0 Å². The molecule has 136 valence electrons. The number of H-pyrrole nitrogens is 1. The van der Waals surface area contributed by atoms with Crippen LogP contribution in [0.2, 0.25) is 0 Å². The predicted molar refractivity (Wildman–Crippen MR) is 116 cm³/mol. The lowest BCUT2D eigenvalue weighted by molar-refractivity contribution is 0.103. The number of aromatic nitrogens is 1. The summed E-state index contributed by atoms with van der Waals surface area (Å²) in [4.78, 5) is 18.9. The van der Waals surface area contributed by atoms with Gasteiger partial charge in [0.25, 0.3) is 0 Å². The van der Waals surface area contributed by atoms with Gasteiger partial charge in [-0.25, -0.2) is 0 Å². The van der Waals surface area contributed by atoms with Crippen molar-refractivity contribution in [1.82, 2.24) is 4.98 Å². The van der Waals surface area contributed by atoms with Crippen molar-refractivity contribution in [3.63, 3.8) is 0 Å². The van der Waals surface area contributed by atoms with E-state index < -0.39 is 0 Å². The first-order valence-corrected chi connectivity index (χ1v) is 10.7. The third-order valence-electron chi connectivity index (χ3n) is 4.83. The van der Waals surface area contributed by atoms with E-state index in [4.69, 9.17) is 0 Å². The van der Waals surface area contributed by atoms with Gasteiger partial charge in [-0.15, -0.1) is 0 Å². The van der Waals surface area contributed by atoms with Crippen LogP contribution in [0.25, 0.3) is 0 Å². The van der Waals surface area contributed by atoms with Crippen molar-refractivity contribution in [2.75, 3.05) is 0 Å². The third-order valence-corrected chi connectivity index (χ3v) is 8.10. The van der Waals surface area contributed by atoms with E-state index >= 15 is 0 Å². The van der Waals surface area contributed by atoms with Gasteiger partial charge in [0, 0.05) is 21.0 Å². The highest BCUT2D eigenvalue weighted by Crippen LogP contribution is 2.64. The Morgan fingerprint density at radius 2 is 1.25 bits per heavy atom. The Kier molecular flexibility index (Phi) is 4.38. The fourth-order valence-electron chi connectivity index (χ4n) is 3.45. The first-order chi connectivity index (χ1) is 13.8. The van der Waals surface area contributed by atoms with Crippen LogP contribution in [0.15, 0.2) is 107 Å². The maximum absolute atomic E-state index is 12.9. The molecular formula is C24H17NOS2. The van der Waals surface area contributed by atoms with Gasteiger partial charge < -0.3 is 4.98 Å². The van der Waals surface area contributed by atoms with Crippen LogP contribution >= 0.6 is 23.5 Å². The molecule has 0 saturated heterocycles. The molecule has 0 atom stereocenters. The zero-order chi connectivity index (χ0) is 19.0. The van der Waals surface area contributed by atoms with E-state index in [1.807, 2.05) is 66.0 Å². The van der Waals surface area contributed by atoms with E-state index in [0.717, 1.165) is 5.69 Å². The largest absolute Gasteiger partial charge is 0.354 e. The second kappa shape index (κ2) is 7.04. The molecule has 5 rings (SSSR count). The van der Waals surface area contributed by atoms with Gasteiger partial charge in [0.1, 0.15) is 4.08 Å². The highest BCUT2D eigenvalue weighted by molar-refractivity contribution is 8.20. The molecule has 0 spiro atoms. The predicted octanol–water partition coefficient (Wildman–Crippen LogP) is 6.34. The quantitative estimate of drug-likeness (QED) is 0.406. The molecule has 0 saturated carbocycles. The zero-order valence-electron chi connectivity index (χ0n) is 15.0. The molecule has 0 bridgehead atoms. The van der Waals surface area contributed by atoms with Crippen LogP contribution in [0.1, 0.15) is 27.3 Å². The Morgan fingerprint density at radius 1 is 0.679 bits per heavy atom. The second-order valence-corrected chi connectivity index (χ2v) is 9.39. The number of carbonyl (C=O) groups excluding carboxylic acids is 1. The summed E-state index contributed by atoms with van der Waals surface area (Å²) >= 11 is 3.66. The van der Waals surface area contributed by atoms with Crippen LogP contribution in [-0.2, 0) is 4.08 Å². The maximum Gasteiger partial charge on any atom is 0.209 e. The standard InChI is InChI=1S/C24H17NOS2/c26-23(17-9-3-1-4-10-17)19-15-16-22(25-19)24(18-11-5-2-6-12-18)27-20-13-7-8-14-21(20)28-24/h1-16,25H. The molecule has 1 aromatic heterocycles.